The van der Waals surface area contributed by atoms with Crippen molar-refractivity contribution in [3.63, 3.8) is 0 Å². The summed E-state index contributed by atoms with van der Waals surface area (Å²) in [4.78, 5) is 24.0. The molecular formula is C23H27N5O2. The van der Waals surface area contributed by atoms with Gasteiger partial charge in [0.15, 0.2) is 5.82 Å². The van der Waals surface area contributed by atoms with Crippen LogP contribution in [-0.4, -0.2) is 39.4 Å². The molecule has 2 atom stereocenters. The third-order valence-electron chi connectivity index (χ3n) is 5.42. The molecule has 2 N–H and O–H groups in total. The van der Waals surface area contributed by atoms with Crippen LogP contribution in [0.3, 0.4) is 0 Å². The molecule has 0 radical (unpaired) electrons. The Morgan fingerprint density at radius 3 is 2.17 bits per heavy atom. The van der Waals surface area contributed by atoms with Crippen LogP contribution in [0, 0.1) is 5.92 Å². The molecule has 30 heavy (non-hydrogen) atoms. The average Bonchev–Trinajstić information content (AvgIpc) is 3.31. The lowest BCUT2D eigenvalue weighted by Gasteiger charge is -2.22. The van der Waals surface area contributed by atoms with Gasteiger partial charge < -0.3 is 5.32 Å². The van der Waals surface area contributed by atoms with Gasteiger partial charge >= 0.3 is 0 Å². The van der Waals surface area contributed by atoms with Crippen molar-refractivity contribution >= 4 is 11.7 Å². The van der Waals surface area contributed by atoms with E-state index in [-0.39, 0.29) is 23.5 Å². The van der Waals surface area contributed by atoms with Crippen molar-refractivity contribution in [3.05, 3.63) is 65.5 Å². The molecule has 2 aromatic carbocycles. The fraction of sp³-hybridized carbons (Fsp3) is 0.348. The average molecular weight is 406 g/mol. The van der Waals surface area contributed by atoms with Crippen LogP contribution in [0.15, 0.2) is 48.5 Å². The standard InChI is InChI=1S/C23H27N5O2/c1-4-5-20(15(2)29)21(22-25-27-28-26-22)14-16-6-8-17(9-7-16)18-10-12-19(13-11-18)23(30)24-3/h6-13,20-21H,4-5,14H2,1-3H3,(H,24,30)(H,25,26,27,28)/t20-,21+/m1/s1. The molecule has 0 fully saturated rings. The number of hydrogen-bond acceptors (Lipinski definition) is 5. The zero-order valence-corrected chi connectivity index (χ0v) is 17.6. The van der Waals surface area contributed by atoms with Gasteiger partial charge in [0.1, 0.15) is 5.78 Å². The van der Waals surface area contributed by atoms with Gasteiger partial charge in [-0.3, -0.25) is 9.59 Å². The molecule has 0 spiro atoms. The van der Waals surface area contributed by atoms with Crippen molar-refractivity contribution in [1.29, 1.82) is 0 Å². The van der Waals surface area contributed by atoms with E-state index in [9.17, 15) is 9.59 Å². The second kappa shape index (κ2) is 9.91. The van der Waals surface area contributed by atoms with Crippen LogP contribution in [0.1, 0.15) is 54.4 Å². The van der Waals surface area contributed by atoms with Gasteiger partial charge in [0.05, 0.1) is 0 Å². The number of nitrogens with one attached hydrogen (secondary N) is 2. The van der Waals surface area contributed by atoms with E-state index in [0.29, 0.717) is 17.8 Å². The molecule has 0 bridgehead atoms. The van der Waals surface area contributed by atoms with E-state index in [1.54, 1.807) is 14.0 Å². The van der Waals surface area contributed by atoms with Crippen LogP contribution >= 0.6 is 0 Å². The number of rotatable bonds is 9. The molecule has 0 aliphatic carbocycles. The van der Waals surface area contributed by atoms with E-state index in [4.69, 9.17) is 0 Å². The van der Waals surface area contributed by atoms with Crippen molar-refractivity contribution in [2.24, 2.45) is 5.92 Å². The fourth-order valence-corrected chi connectivity index (χ4v) is 3.78. The van der Waals surface area contributed by atoms with Crippen LogP contribution in [0.5, 0.6) is 0 Å². The summed E-state index contributed by atoms with van der Waals surface area (Å²) in [5, 5.41) is 17.1. The second-order valence-electron chi connectivity index (χ2n) is 7.44. The lowest BCUT2D eigenvalue weighted by atomic mass is 9.81. The molecule has 0 saturated heterocycles. The zero-order chi connectivity index (χ0) is 21.5. The quantitative estimate of drug-likeness (QED) is 0.567. The van der Waals surface area contributed by atoms with E-state index in [1.807, 2.05) is 24.3 Å². The number of carbonyl (C=O) groups excluding carboxylic acids is 2. The Bertz CT molecular complexity index is 966. The Morgan fingerprint density at radius 2 is 1.67 bits per heavy atom. The van der Waals surface area contributed by atoms with Crippen LogP contribution < -0.4 is 5.32 Å². The van der Waals surface area contributed by atoms with Crippen molar-refractivity contribution in [2.75, 3.05) is 7.05 Å². The Morgan fingerprint density at radius 1 is 1.03 bits per heavy atom. The number of nitrogens with zero attached hydrogens (tertiary/aromatic N) is 3. The first-order valence-electron chi connectivity index (χ1n) is 10.2. The number of Topliss-reactive ketones (excluding diaryl/α,β-unsaturated/α-hetero) is 1. The Labute approximate surface area is 176 Å². The molecule has 1 heterocycles. The van der Waals surface area contributed by atoms with Crippen LogP contribution in [0.4, 0.5) is 0 Å². The Kier molecular flexibility index (Phi) is 7.06. The van der Waals surface area contributed by atoms with Crippen molar-refractivity contribution in [2.45, 2.75) is 39.0 Å². The normalized spacial score (nSPS) is 12.9. The van der Waals surface area contributed by atoms with Gasteiger partial charge in [0, 0.05) is 24.4 Å². The van der Waals surface area contributed by atoms with Gasteiger partial charge in [-0.15, -0.1) is 10.2 Å². The number of amides is 1. The summed E-state index contributed by atoms with van der Waals surface area (Å²) < 4.78 is 0. The highest BCUT2D eigenvalue weighted by Crippen LogP contribution is 2.31. The van der Waals surface area contributed by atoms with Gasteiger partial charge in [0.25, 0.3) is 5.91 Å². The molecule has 3 rings (SSSR count). The second-order valence-corrected chi connectivity index (χ2v) is 7.44. The number of aromatic amines is 1. The number of H-pyrrole nitrogens is 1. The predicted molar refractivity (Wildman–Crippen MR) is 115 cm³/mol. The van der Waals surface area contributed by atoms with Crippen molar-refractivity contribution in [1.82, 2.24) is 25.9 Å². The first-order chi connectivity index (χ1) is 14.5. The maximum absolute atomic E-state index is 12.3. The monoisotopic (exact) mass is 405 g/mol. The van der Waals surface area contributed by atoms with Gasteiger partial charge in [-0.05, 0) is 48.6 Å². The lowest BCUT2D eigenvalue weighted by Crippen LogP contribution is -2.23. The van der Waals surface area contributed by atoms with Crippen LogP contribution in [-0.2, 0) is 11.2 Å². The Hall–Kier alpha value is -3.35. The molecule has 0 unspecified atom stereocenters. The minimum atomic E-state index is -0.135. The lowest BCUT2D eigenvalue weighted by molar-refractivity contribution is -0.121. The van der Waals surface area contributed by atoms with Crippen molar-refractivity contribution < 1.29 is 9.59 Å². The summed E-state index contributed by atoms with van der Waals surface area (Å²) in [7, 11) is 1.62. The molecule has 7 heteroatoms. The summed E-state index contributed by atoms with van der Waals surface area (Å²) in [5.74, 6) is 0.386. The third kappa shape index (κ3) is 4.97. The molecule has 0 aliphatic rings. The molecule has 156 valence electrons. The maximum atomic E-state index is 12.3. The number of hydrogen-bond donors (Lipinski definition) is 2. The summed E-state index contributed by atoms with van der Waals surface area (Å²) in [5.41, 5.74) is 3.84. The number of ketones is 1. The van der Waals surface area contributed by atoms with E-state index in [1.165, 1.54) is 0 Å². The summed E-state index contributed by atoms with van der Waals surface area (Å²) in [6.07, 6.45) is 2.38. The van der Waals surface area contributed by atoms with E-state index in [2.05, 4.69) is 57.1 Å². The zero-order valence-electron chi connectivity index (χ0n) is 17.6. The first kappa shape index (κ1) is 21.4. The van der Waals surface area contributed by atoms with Gasteiger partial charge in [-0.25, -0.2) is 0 Å². The molecule has 0 saturated carbocycles. The van der Waals surface area contributed by atoms with Gasteiger partial charge in [0.2, 0.25) is 0 Å². The van der Waals surface area contributed by atoms with Crippen LogP contribution in [0.25, 0.3) is 11.1 Å². The van der Waals surface area contributed by atoms with Gasteiger partial charge in [-0.1, -0.05) is 55.0 Å². The third-order valence-corrected chi connectivity index (χ3v) is 5.42. The maximum Gasteiger partial charge on any atom is 0.251 e. The van der Waals surface area contributed by atoms with E-state index >= 15 is 0 Å². The highest BCUT2D eigenvalue weighted by Gasteiger charge is 2.29. The summed E-state index contributed by atoms with van der Waals surface area (Å²) in [6, 6.07) is 15.8. The van der Waals surface area contributed by atoms with E-state index < -0.39 is 0 Å². The largest absolute Gasteiger partial charge is 0.355 e. The molecule has 3 aromatic rings. The number of tetrazole rings is 1. The Balaban J connectivity index is 1.80. The van der Waals surface area contributed by atoms with Crippen LogP contribution in [0.2, 0.25) is 0 Å². The highest BCUT2D eigenvalue weighted by molar-refractivity contribution is 5.94. The molecule has 7 nitrogen and oxygen atoms in total. The van der Waals surface area contributed by atoms with Gasteiger partial charge in [-0.2, -0.15) is 5.21 Å². The van der Waals surface area contributed by atoms with E-state index in [0.717, 1.165) is 29.5 Å². The number of benzene rings is 2. The fourth-order valence-electron chi connectivity index (χ4n) is 3.78. The summed E-state index contributed by atoms with van der Waals surface area (Å²) >= 11 is 0. The highest BCUT2D eigenvalue weighted by atomic mass is 16.1. The topological polar surface area (TPSA) is 101 Å². The molecular weight excluding hydrogens is 378 g/mol. The first-order valence-corrected chi connectivity index (χ1v) is 10.2. The minimum absolute atomic E-state index is 0.100. The molecule has 1 aromatic heterocycles. The smallest absolute Gasteiger partial charge is 0.251 e. The molecule has 0 aliphatic heterocycles. The predicted octanol–water partition coefficient (Wildman–Crippen LogP) is 3.56. The summed E-state index contributed by atoms with van der Waals surface area (Å²) in [6.45, 7) is 3.71. The molecule has 1 amide bonds. The van der Waals surface area contributed by atoms with Crippen molar-refractivity contribution in [3.8, 4) is 11.1 Å². The number of carbonyl (C=O) groups is 2. The minimum Gasteiger partial charge on any atom is -0.355 e. The number of aromatic nitrogens is 4. The SMILES string of the molecule is CCC[C@H](C(C)=O)[C@H](Cc1ccc(-c2ccc(C(=O)NC)cc2)cc1)c1nn[nH]n1.